The van der Waals surface area contributed by atoms with E-state index in [0.717, 1.165) is 25.7 Å². The Morgan fingerprint density at radius 3 is 2.22 bits per heavy atom. The number of hydrogen-bond acceptors (Lipinski definition) is 9. The van der Waals surface area contributed by atoms with Crippen molar-refractivity contribution >= 4 is 18.1 Å². The van der Waals surface area contributed by atoms with Crippen LogP contribution in [-0.2, 0) is 33.5 Å². The SMILES string of the molecule is C[C@H]1[C@@H](CC(=O)NCCCN(CCCCNC(=O)OC(C)(C)C)C(=O)OC(C)(C)C)O[C@@H]2O[C@@]3(C)CC[C@H]4[C@H](C)CC[C@@H]1[C@@]24OO3. The van der Waals surface area contributed by atoms with Gasteiger partial charge in [0.15, 0.2) is 11.9 Å². The second-order valence-corrected chi connectivity index (χ2v) is 16.0. The first-order valence-corrected chi connectivity index (χ1v) is 17.3. The van der Waals surface area contributed by atoms with Crippen LogP contribution in [0.2, 0.25) is 0 Å². The van der Waals surface area contributed by atoms with Crippen molar-refractivity contribution in [3.63, 3.8) is 0 Å². The molecular formula is C34H59N3O9. The fourth-order valence-corrected chi connectivity index (χ4v) is 7.52. The van der Waals surface area contributed by atoms with E-state index in [-0.39, 0.29) is 36.2 Å². The summed E-state index contributed by atoms with van der Waals surface area (Å²) in [6.07, 6.45) is 4.26. The molecule has 4 saturated heterocycles. The average molecular weight is 654 g/mol. The van der Waals surface area contributed by atoms with Gasteiger partial charge in [0.1, 0.15) is 11.2 Å². The third kappa shape index (κ3) is 9.05. The zero-order valence-corrected chi connectivity index (χ0v) is 29.6. The quantitative estimate of drug-likeness (QED) is 0.214. The number of fused-ring (bicyclic) bond motifs is 2. The summed E-state index contributed by atoms with van der Waals surface area (Å²) in [6.45, 7) is 19.1. The lowest BCUT2D eigenvalue weighted by atomic mass is 9.57. The van der Waals surface area contributed by atoms with Gasteiger partial charge in [-0.2, -0.15) is 0 Å². The van der Waals surface area contributed by atoms with Crippen LogP contribution in [0.25, 0.3) is 0 Å². The van der Waals surface area contributed by atoms with Crippen LogP contribution >= 0.6 is 0 Å². The lowest BCUT2D eigenvalue weighted by molar-refractivity contribution is -0.570. The zero-order valence-electron chi connectivity index (χ0n) is 29.6. The molecule has 1 saturated carbocycles. The fourth-order valence-electron chi connectivity index (χ4n) is 7.52. The van der Waals surface area contributed by atoms with E-state index in [2.05, 4.69) is 24.5 Å². The van der Waals surface area contributed by atoms with Gasteiger partial charge in [0.2, 0.25) is 11.7 Å². The van der Waals surface area contributed by atoms with E-state index in [0.29, 0.717) is 51.4 Å². The number of alkyl carbamates (subject to hydrolysis) is 1. The zero-order chi connectivity index (χ0) is 33.9. The first-order chi connectivity index (χ1) is 21.4. The van der Waals surface area contributed by atoms with E-state index in [9.17, 15) is 14.4 Å². The summed E-state index contributed by atoms with van der Waals surface area (Å²) in [7, 11) is 0. The van der Waals surface area contributed by atoms with Crippen molar-refractivity contribution in [2.24, 2.45) is 23.7 Å². The number of amides is 3. The van der Waals surface area contributed by atoms with E-state index in [4.69, 9.17) is 28.7 Å². The van der Waals surface area contributed by atoms with Gasteiger partial charge in [0.05, 0.1) is 12.5 Å². The van der Waals surface area contributed by atoms with Crippen LogP contribution in [0.3, 0.4) is 0 Å². The minimum absolute atomic E-state index is 0.0901. The van der Waals surface area contributed by atoms with Gasteiger partial charge >= 0.3 is 12.2 Å². The van der Waals surface area contributed by atoms with Crippen molar-refractivity contribution in [1.29, 1.82) is 0 Å². The molecule has 0 unspecified atom stereocenters. The maximum absolute atomic E-state index is 13.1. The first-order valence-electron chi connectivity index (χ1n) is 17.3. The first kappa shape index (κ1) is 36.7. The van der Waals surface area contributed by atoms with E-state index >= 15 is 0 Å². The molecule has 5 aliphatic rings. The molecule has 264 valence electrons. The number of carbonyl (C=O) groups is 3. The Labute approximate surface area is 275 Å². The number of rotatable bonds is 11. The molecule has 46 heavy (non-hydrogen) atoms. The Morgan fingerprint density at radius 1 is 0.848 bits per heavy atom. The Balaban J connectivity index is 1.25. The van der Waals surface area contributed by atoms with Crippen molar-refractivity contribution in [2.75, 3.05) is 26.2 Å². The largest absolute Gasteiger partial charge is 0.444 e. The maximum atomic E-state index is 13.1. The Morgan fingerprint density at radius 2 is 1.52 bits per heavy atom. The molecular weight excluding hydrogens is 594 g/mol. The van der Waals surface area contributed by atoms with Gasteiger partial charge in [-0.05, 0) is 105 Å². The number of unbranched alkanes of at least 4 members (excludes halogenated alkanes) is 1. The minimum Gasteiger partial charge on any atom is -0.444 e. The summed E-state index contributed by atoms with van der Waals surface area (Å²) >= 11 is 0. The lowest BCUT2D eigenvalue weighted by Gasteiger charge is -2.60. The van der Waals surface area contributed by atoms with Crippen LogP contribution < -0.4 is 10.6 Å². The van der Waals surface area contributed by atoms with E-state index < -0.39 is 41.1 Å². The normalized spacial score (nSPS) is 33.8. The van der Waals surface area contributed by atoms with E-state index in [1.54, 1.807) is 4.90 Å². The van der Waals surface area contributed by atoms with Crippen LogP contribution in [0.5, 0.6) is 0 Å². The standard InChI is InChI=1S/C34H59N3O9/c1-22-13-14-25-23(2)26(41-28-34(25)24(22)15-16-33(9,42-28)45-46-34)21-27(38)35-18-12-20-37(30(40)44-32(6,7)8)19-11-10-17-36-29(39)43-31(3,4)5/h22-26,28H,10-21H2,1-9H3,(H,35,38)(H,36,39)/t22-,23-,24+,25+,26-,28-,33-,34-/m1/s1. The van der Waals surface area contributed by atoms with Gasteiger partial charge in [-0.15, -0.1) is 0 Å². The predicted octanol–water partition coefficient (Wildman–Crippen LogP) is 5.68. The molecule has 8 atom stereocenters. The van der Waals surface area contributed by atoms with Crippen molar-refractivity contribution in [3.8, 4) is 0 Å². The van der Waals surface area contributed by atoms with Gasteiger partial charge in [-0.25, -0.2) is 19.4 Å². The summed E-state index contributed by atoms with van der Waals surface area (Å²) in [4.78, 5) is 51.7. The highest BCUT2D eigenvalue weighted by Gasteiger charge is 2.69. The molecule has 3 amide bonds. The number of nitrogens with one attached hydrogen (secondary N) is 2. The smallest absolute Gasteiger partial charge is 0.410 e. The fraction of sp³-hybridized carbons (Fsp3) is 0.912. The van der Waals surface area contributed by atoms with Crippen LogP contribution in [-0.4, -0.2) is 84.2 Å². The molecule has 12 nitrogen and oxygen atoms in total. The number of carbonyl (C=O) groups excluding carboxylic acids is 3. The molecule has 2 N–H and O–H groups in total. The third-order valence-electron chi connectivity index (χ3n) is 9.78. The Bertz CT molecular complexity index is 1080. The van der Waals surface area contributed by atoms with Crippen LogP contribution in [0.15, 0.2) is 0 Å². The molecule has 4 heterocycles. The second-order valence-electron chi connectivity index (χ2n) is 16.0. The lowest BCUT2D eigenvalue weighted by Crippen LogP contribution is -2.70. The maximum Gasteiger partial charge on any atom is 0.410 e. The van der Waals surface area contributed by atoms with Crippen molar-refractivity contribution in [2.45, 2.75) is 149 Å². The van der Waals surface area contributed by atoms with Gasteiger partial charge in [0, 0.05) is 38.5 Å². The highest BCUT2D eigenvalue weighted by atomic mass is 17.3. The monoisotopic (exact) mass is 653 g/mol. The second kappa shape index (κ2) is 14.5. The van der Waals surface area contributed by atoms with Crippen molar-refractivity contribution < 1.29 is 43.1 Å². The molecule has 0 aromatic rings. The molecule has 2 bridgehead atoms. The highest BCUT2D eigenvalue weighted by Crippen LogP contribution is 2.60. The molecule has 5 fully saturated rings. The van der Waals surface area contributed by atoms with Crippen LogP contribution in [0.4, 0.5) is 9.59 Å². The summed E-state index contributed by atoms with van der Waals surface area (Å²) < 4.78 is 23.9. The summed E-state index contributed by atoms with van der Waals surface area (Å²) in [5.41, 5.74) is -1.82. The van der Waals surface area contributed by atoms with Crippen LogP contribution in [0, 0.1) is 23.7 Å². The average Bonchev–Trinajstić information content (AvgIpc) is 3.16. The molecule has 1 spiro atoms. The Kier molecular flexibility index (Phi) is 11.6. The number of hydrogen-bond donors (Lipinski definition) is 2. The summed E-state index contributed by atoms with van der Waals surface area (Å²) in [5.74, 6) is 0.101. The summed E-state index contributed by atoms with van der Waals surface area (Å²) in [5, 5.41) is 5.78. The molecule has 0 radical (unpaired) electrons. The third-order valence-corrected chi connectivity index (χ3v) is 9.78. The van der Waals surface area contributed by atoms with Crippen molar-refractivity contribution in [1.82, 2.24) is 15.5 Å². The molecule has 0 aromatic heterocycles. The topological polar surface area (TPSA) is 134 Å². The van der Waals surface area contributed by atoms with Gasteiger partial charge in [-0.3, -0.25) is 4.79 Å². The van der Waals surface area contributed by atoms with Crippen molar-refractivity contribution in [3.05, 3.63) is 0 Å². The predicted molar refractivity (Wildman–Crippen MR) is 170 cm³/mol. The highest BCUT2D eigenvalue weighted by molar-refractivity contribution is 5.76. The number of nitrogens with zero attached hydrogens (tertiary/aromatic N) is 1. The van der Waals surface area contributed by atoms with E-state index in [1.165, 1.54) is 0 Å². The molecule has 4 aliphatic heterocycles. The Hall–Kier alpha value is -2.15. The van der Waals surface area contributed by atoms with Crippen LogP contribution in [0.1, 0.15) is 114 Å². The number of ether oxygens (including phenoxy) is 4. The van der Waals surface area contributed by atoms with Gasteiger partial charge < -0.3 is 34.5 Å². The molecule has 5 rings (SSSR count). The van der Waals surface area contributed by atoms with E-state index in [1.807, 2.05) is 48.5 Å². The summed E-state index contributed by atoms with van der Waals surface area (Å²) in [6, 6.07) is 0. The van der Waals surface area contributed by atoms with Gasteiger partial charge in [0.25, 0.3) is 0 Å². The molecule has 0 aromatic carbocycles. The van der Waals surface area contributed by atoms with Gasteiger partial charge in [-0.1, -0.05) is 13.8 Å². The minimum atomic E-state index is -0.848. The molecule has 1 aliphatic carbocycles. The molecule has 12 heteroatoms.